The summed E-state index contributed by atoms with van der Waals surface area (Å²) in [6.45, 7) is 8.05. The number of rotatable bonds is 7. The molecule has 0 bridgehead atoms. The van der Waals surface area contributed by atoms with Gasteiger partial charge in [0.25, 0.3) is 5.91 Å². The molecule has 1 aromatic rings. The van der Waals surface area contributed by atoms with Crippen molar-refractivity contribution in [2.75, 3.05) is 31.9 Å². The number of amides is 2. The summed E-state index contributed by atoms with van der Waals surface area (Å²) >= 11 is 7.67. The molecule has 28 heavy (non-hydrogen) atoms. The van der Waals surface area contributed by atoms with Crippen LogP contribution in [0.1, 0.15) is 43.5 Å². The van der Waals surface area contributed by atoms with Crippen molar-refractivity contribution in [3.63, 3.8) is 0 Å². The second-order valence-corrected chi connectivity index (χ2v) is 9.64. The summed E-state index contributed by atoms with van der Waals surface area (Å²) < 4.78 is 0. The summed E-state index contributed by atoms with van der Waals surface area (Å²) in [5, 5.41) is 3.69. The molecule has 1 N–H and O–H groups in total. The number of nitrogens with zero attached hydrogens (tertiary/aromatic N) is 2. The van der Waals surface area contributed by atoms with Gasteiger partial charge in [0.05, 0.1) is 5.37 Å². The lowest BCUT2D eigenvalue weighted by Gasteiger charge is -2.30. The fourth-order valence-electron chi connectivity index (χ4n) is 3.83. The molecule has 5 nitrogen and oxygen atoms in total. The molecule has 2 heterocycles. The van der Waals surface area contributed by atoms with Crippen molar-refractivity contribution in [2.45, 2.75) is 44.5 Å². The monoisotopic (exact) mass is 423 g/mol. The van der Waals surface area contributed by atoms with Crippen molar-refractivity contribution < 1.29 is 9.59 Å². The van der Waals surface area contributed by atoms with E-state index in [-0.39, 0.29) is 17.2 Å². The van der Waals surface area contributed by atoms with E-state index < -0.39 is 6.04 Å². The number of nitrogens with one attached hydrogen (secondary N) is 1. The van der Waals surface area contributed by atoms with Gasteiger partial charge in [-0.05, 0) is 62.5 Å². The minimum absolute atomic E-state index is 0.0255. The Morgan fingerprint density at radius 3 is 2.54 bits per heavy atom. The fourth-order valence-corrected chi connectivity index (χ4v) is 5.59. The Kier molecular flexibility index (Phi) is 7.66. The van der Waals surface area contributed by atoms with Gasteiger partial charge in [-0.15, -0.1) is 11.8 Å². The standard InChI is InChI=1S/C21H30ClN3O2S/c1-15(2)13-19-25(21(27)16-5-7-17(22)8-6-16)18(14-28-19)20(26)23-9-12-24-10-3-4-11-24/h5-8,15,18-19H,3-4,9-14H2,1-2H3,(H,23,26). The number of thioether (sulfide) groups is 1. The Morgan fingerprint density at radius 2 is 1.89 bits per heavy atom. The van der Waals surface area contributed by atoms with Gasteiger partial charge in [0.15, 0.2) is 0 Å². The van der Waals surface area contributed by atoms with E-state index in [1.54, 1.807) is 40.9 Å². The van der Waals surface area contributed by atoms with Crippen molar-refractivity contribution in [2.24, 2.45) is 5.92 Å². The molecule has 2 atom stereocenters. The van der Waals surface area contributed by atoms with Gasteiger partial charge in [-0.2, -0.15) is 0 Å². The average Bonchev–Trinajstić information content (AvgIpc) is 3.31. The molecular formula is C21H30ClN3O2S. The highest BCUT2D eigenvalue weighted by Crippen LogP contribution is 2.34. The predicted molar refractivity (Wildman–Crippen MR) is 116 cm³/mol. The number of benzene rings is 1. The van der Waals surface area contributed by atoms with Crippen molar-refractivity contribution in [1.82, 2.24) is 15.1 Å². The van der Waals surface area contributed by atoms with E-state index in [0.29, 0.717) is 28.8 Å². The molecule has 0 spiro atoms. The molecular weight excluding hydrogens is 394 g/mol. The first-order chi connectivity index (χ1) is 13.5. The molecule has 2 fully saturated rings. The minimum atomic E-state index is -0.421. The van der Waals surface area contributed by atoms with Crippen molar-refractivity contribution in [3.8, 4) is 0 Å². The maximum Gasteiger partial charge on any atom is 0.255 e. The zero-order valence-corrected chi connectivity index (χ0v) is 18.3. The van der Waals surface area contributed by atoms with Gasteiger partial charge in [-0.1, -0.05) is 25.4 Å². The maximum atomic E-state index is 13.2. The van der Waals surface area contributed by atoms with Crippen LogP contribution < -0.4 is 5.32 Å². The molecule has 2 saturated heterocycles. The van der Waals surface area contributed by atoms with Gasteiger partial charge >= 0.3 is 0 Å². The summed E-state index contributed by atoms with van der Waals surface area (Å²) in [5.41, 5.74) is 0.579. The molecule has 2 unspecified atom stereocenters. The van der Waals surface area contributed by atoms with E-state index in [4.69, 9.17) is 11.6 Å². The Labute approximate surface area is 177 Å². The zero-order valence-electron chi connectivity index (χ0n) is 16.7. The summed E-state index contributed by atoms with van der Waals surface area (Å²) in [5.74, 6) is 0.967. The first-order valence-electron chi connectivity index (χ1n) is 10.2. The summed E-state index contributed by atoms with van der Waals surface area (Å²) in [4.78, 5) is 30.3. The van der Waals surface area contributed by atoms with Crippen LogP contribution in [0.15, 0.2) is 24.3 Å². The molecule has 1 aromatic carbocycles. The van der Waals surface area contributed by atoms with Gasteiger partial charge in [0.1, 0.15) is 6.04 Å². The third kappa shape index (κ3) is 5.43. The molecule has 2 amide bonds. The quantitative estimate of drug-likeness (QED) is 0.729. The molecule has 3 rings (SSSR count). The Hall–Kier alpha value is -1.24. The number of carbonyl (C=O) groups excluding carboxylic acids is 2. The van der Waals surface area contributed by atoms with Gasteiger partial charge in [-0.3, -0.25) is 9.59 Å². The van der Waals surface area contributed by atoms with E-state index in [9.17, 15) is 9.59 Å². The van der Waals surface area contributed by atoms with Crippen molar-refractivity contribution in [1.29, 1.82) is 0 Å². The van der Waals surface area contributed by atoms with Crippen molar-refractivity contribution >= 4 is 35.2 Å². The maximum absolute atomic E-state index is 13.2. The van der Waals surface area contributed by atoms with Crippen LogP contribution in [0.2, 0.25) is 5.02 Å². The van der Waals surface area contributed by atoms with Gasteiger partial charge in [0, 0.05) is 29.4 Å². The van der Waals surface area contributed by atoms with E-state index in [1.807, 2.05) is 0 Å². The molecule has 7 heteroatoms. The van der Waals surface area contributed by atoms with Gasteiger partial charge in [-0.25, -0.2) is 0 Å². The Bertz CT molecular complexity index is 677. The molecule has 0 saturated carbocycles. The lowest BCUT2D eigenvalue weighted by Crippen LogP contribution is -2.51. The minimum Gasteiger partial charge on any atom is -0.353 e. The second kappa shape index (κ2) is 9.99. The number of likely N-dealkylation sites (tertiary alicyclic amines) is 1. The van der Waals surface area contributed by atoms with Crippen LogP contribution in [0.25, 0.3) is 0 Å². The predicted octanol–water partition coefficient (Wildman–Crippen LogP) is 3.48. The third-order valence-electron chi connectivity index (χ3n) is 5.32. The highest BCUT2D eigenvalue weighted by atomic mass is 35.5. The topological polar surface area (TPSA) is 52.7 Å². The largest absolute Gasteiger partial charge is 0.353 e. The van der Waals surface area contributed by atoms with Crippen LogP contribution in [0, 0.1) is 5.92 Å². The van der Waals surface area contributed by atoms with E-state index in [0.717, 1.165) is 26.1 Å². The summed E-state index contributed by atoms with van der Waals surface area (Å²) in [6, 6.07) is 6.50. The van der Waals surface area contributed by atoms with E-state index in [2.05, 4.69) is 24.1 Å². The Morgan fingerprint density at radius 1 is 1.21 bits per heavy atom. The molecule has 154 valence electrons. The average molecular weight is 424 g/mol. The normalized spacial score (nSPS) is 22.8. The van der Waals surface area contributed by atoms with E-state index in [1.165, 1.54) is 12.8 Å². The van der Waals surface area contributed by atoms with Crippen LogP contribution in [0.5, 0.6) is 0 Å². The van der Waals surface area contributed by atoms with Crippen LogP contribution in [-0.2, 0) is 4.79 Å². The number of hydrogen-bond donors (Lipinski definition) is 1. The zero-order chi connectivity index (χ0) is 20.1. The molecule has 0 aromatic heterocycles. The van der Waals surface area contributed by atoms with Gasteiger partial charge < -0.3 is 15.1 Å². The first-order valence-corrected chi connectivity index (χ1v) is 11.6. The summed E-state index contributed by atoms with van der Waals surface area (Å²) in [6.07, 6.45) is 3.36. The highest BCUT2D eigenvalue weighted by molar-refractivity contribution is 8.00. The van der Waals surface area contributed by atoms with Crippen molar-refractivity contribution in [3.05, 3.63) is 34.9 Å². The molecule has 2 aliphatic rings. The third-order valence-corrected chi connectivity index (χ3v) is 6.88. The summed E-state index contributed by atoms with van der Waals surface area (Å²) in [7, 11) is 0. The van der Waals surface area contributed by atoms with Gasteiger partial charge in [0.2, 0.25) is 5.91 Å². The first kappa shape index (κ1) is 21.5. The molecule has 0 radical (unpaired) electrons. The lowest BCUT2D eigenvalue weighted by atomic mass is 10.1. The van der Waals surface area contributed by atoms with Crippen LogP contribution >= 0.6 is 23.4 Å². The molecule has 2 aliphatic heterocycles. The van der Waals surface area contributed by atoms with Crippen LogP contribution in [-0.4, -0.2) is 65.0 Å². The molecule has 0 aliphatic carbocycles. The smallest absolute Gasteiger partial charge is 0.255 e. The fraction of sp³-hybridized carbons (Fsp3) is 0.619. The van der Waals surface area contributed by atoms with Crippen LogP contribution in [0.4, 0.5) is 0 Å². The second-order valence-electron chi connectivity index (χ2n) is 7.99. The Balaban J connectivity index is 1.67. The highest BCUT2D eigenvalue weighted by Gasteiger charge is 2.41. The number of halogens is 1. The number of hydrogen-bond acceptors (Lipinski definition) is 4. The van der Waals surface area contributed by atoms with E-state index >= 15 is 0 Å². The number of carbonyl (C=O) groups is 2. The SMILES string of the molecule is CC(C)CC1SCC(C(=O)NCCN2CCCC2)N1C(=O)c1ccc(Cl)cc1. The lowest BCUT2D eigenvalue weighted by molar-refractivity contribution is -0.124. The van der Waals surface area contributed by atoms with Crippen LogP contribution in [0.3, 0.4) is 0 Å².